The standard InChI is InChI=1S/C17H30N4/c1-17(2,3)13-5-4-7-21(8-6-13)11-14-9-15-16(10-18-14)20-12-19-15/h12-14,18H,4-11H2,1-3H3,(H,19,20). The molecule has 1 aromatic rings. The Morgan fingerprint density at radius 3 is 2.95 bits per heavy atom. The minimum Gasteiger partial charge on any atom is -0.347 e. The monoisotopic (exact) mass is 290 g/mol. The van der Waals surface area contributed by atoms with Crippen molar-refractivity contribution >= 4 is 0 Å². The lowest BCUT2D eigenvalue weighted by Crippen LogP contribution is -2.45. The number of hydrogen-bond donors (Lipinski definition) is 2. The molecule has 0 bridgehead atoms. The summed E-state index contributed by atoms with van der Waals surface area (Å²) < 4.78 is 0. The largest absolute Gasteiger partial charge is 0.347 e. The number of H-pyrrole nitrogens is 1. The summed E-state index contributed by atoms with van der Waals surface area (Å²) in [5, 5.41) is 3.66. The fourth-order valence-corrected chi connectivity index (χ4v) is 3.88. The predicted octanol–water partition coefficient (Wildman–Crippen LogP) is 2.57. The average Bonchev–Trinajstić information content (AvgIpc) is 2.75. The Balaban J connectivity index is 1.52. The molecular formula is C17H30N4. The number of nitrogens with one attached hydrogen (secondary N) is 2. The van der Waals surface area contributed by atoms with Gasteiger partial charge in [0.25, 0.3) is 0 Å². The summed E-state index contributed by atoms with van der Waals surface area (Å²) in [5.41, 5.74) is 3.00. The molecule has 2 aliphatic heterocycles. The number of rotatable bonds is 2. The fourth-order valence-electron chi connectivity index (χ4n) is 3.88. The van der Waals surface area contributed by atoms with Crippen molar-refractivity contribution in [3.8, 4) is 0 Å². The Morgan fingerprint density at radius 1 is 1.29 bits per heavy atom. The number of aromatic amines is 1. The molecular weight excluding hydrogens is 260 g/mol. The minimum atomic E-state index is 0.461. The molecule has 0 saturated carbocycles. The first-order valence-corrected chi connectivity index (χ1v) is 8.49. The summed E-state index contributed by atoms with van der Waals surface area (Å²) in [7, 11) is 0. The highest BCUT2D eigenvalue weighted by molar-refractivity contribution is 5.16. The molecule has 0 amide bonds. The second kappa shape index (κ2) is 6.09. The summed E-state index contributed by atoms with van der Waals surface area (Å²) in [6, 6.07) is 0.562. The molecule has 3 heterocycles. The van der Waals surface area contributed by atoms with E-state index in [2.05, 4.69) is 41.0 Å². The van der Waals surface area contributed by atoms with E-state index in [-0.39, 0.29) is 0 Å². The normalized spacial score (nSPS) is 28.1. The molecule has 2 atom stereocenters. The fraction of sp³-hybridized carbons (Fsp3) is 0.824. The van der Waals surface area contributed by atoms with Crippen molar-refractivity contribution in [2.75, 3.05) is 19.6 Å². The molecule has 2 aliphatic rings. The Morgan fingerprint density at radius 2 is 2.14 bits per heavy atom. The van der Waals surface area contributed by atoms with Crippen LogP contribution >= 0.6 is 0 Å². The minimum absolute atomic E-state index is 0.461. The number of imidazole rings is 1. The van der Waals surface area contributed by atoms with Crippen molar-refractivity contribution in [1.82, 2.24) is 20.2 Å². The number of aromatic nitrogens is 2. The topological polar surface area (TPSA) is 44.0 Å². The highest BCUT2D eigenvalue weighted by atomic mass is 15.2. The van der Waals surface area contributed by atoms with Gasteiger partial charge >= 0.3 is 0 Å². The quantitative estimate of drug-likeness (QED) is 0.880. The van der Waals surface area contributed by atoms with Crippen LogP contribution in [-0.2, 0) is 13.0 Å². The van der Waals surface area contributed by atoms with Gasteiger partial charge in [-0.1, -0.05) is 20.8 Å². The van der Waals surface area contributed by atoms with Crippen molar-refractivity contribution in [2.24, 2.45) is 11.3 Å². The molecule has 0 radical (unpaired) electrons. The van der Waals surface area contributed by atoms with Crippen LogP contribution in [0.5, 0.6) is 0 Å². The van der Waals surface area contributed by atoms with Gasteiger partial charge in [-0.05, 0) is 43.7 Å². The van der Waals surface area contributed by atoms with E-state index in [1.165, 1.54) is 50.3 Å². The third-order valence-electron chi connectivity index (χ3n) is 5.34. The van der Waals surface area contributed by atoms with Gasteiger partial charge in [-0.2, -0.15) is 0 Å². The van der Waals surface area contributed by atoms with E-state index in [9.17, 15) is 0 Å². The zero-order valence-corrected chi connectivity index (χ0v) is 13.8. The molecule has 1 saturated heterocycles. The molecule has 2 N–H and O–H groups in total. The lowest BCUT2D eigenvalue weighted by molar-refractivity contribution is 0.201. The summed E-state index contributed by atoms with van der Waals surface area (Å²) in [4.78, 5) is 10.3. The third-order valence-corrected chi connectivity index (χ3v) is 5.34. The van der Waals surface area contributed by atoms with Crippen LogP contribution in [-0.4, -0.2) is 40.5 Å². The van der Waals surface area contributed by atoms with Gasteiger partial charge in [-0.15, -0.1) is 0 Å². The molecule has 4 nitrogen and oxygen atoms in total. The molecule has 0 spiro atoms. The Hall–Kier alpha value is -0.870. The maximum atomic E-state index is 4.45. The van der Waals surface area contributed by atoms with Gasteiger partial charge < -0.3 is 15.2 Å². The zero-order valence-electron chi connectivity index (χ0n) is 13.8. The molecule has 0 aromatic carbocycles. The van der Waals surface area contributed by atoms with E-state index in [0.29, 0.717) is 11.5 Å². The van der Waals surface area contributed by atoms with E-state index in [1.54, 1.807) is 0 Å². The van der Waals surface area contributed by atoms with Crippen LogP contribution in [0.3, 0.4) is 0 Å². The lowest BCUT2D eigenvalue weighted by Gasteiger charge is -2.31. The molecule has 2 unspecified atom stereocenters. The van der Waals surface area contributed by atoms with Gasteiger partial charge in [0.05, 0.1) is 17.7 Å². The predicted molar refractivity (Wildman–Crippen MR) is 86.2 cm³/mol. The Bertz CT molecular complexity index is 460. The third kappa shape index (κ3) is 3.67. The van der Waals surface area contributed by atoms with Gasteiger partial charge in [0.15, 0.2) is 0 Å². The lowest BCUT2D eigenvalue weighted by atomic mass is 9.77. The number of hydrogen-bond acceptors (Lipinski definition) is 3. The first-order chi connectivity index (χ1) is 10.0. The Kier molecular flexibility index (Phi) is 4.36. The van der Waals surface area contributed by atoms with Crippen LogP contribution in [0.25, 0.3) is 0 Å². The number of fused-ring (bicyclic) bond motifs is 1. The van der Waals surface area contributed by atoms with Crippen LogP contribution in [0.1, 0.15) is 51.4 Å². The van der Waals surface area contributed by atoms with Crippen molar-refractivity contribution in [2.45, 2.75) is 59.0 Å². The van der Waals surface area contributed by atoms with E-state index in [0.717, 1.165) is 18.9 Å². The highest BCUT2D eigenvalue weighted by Gasteiger charge is 2.28. The summed E-state index contributed by atoms with van der Waals surface area (Å²) in [6.45, 7) is 11.8. The molecule has 4 heteroatoms. The molecule has 1 aromatic heterocycles. The van der Waals surface area contributed by atoms with E-state index >= 15 is 0 Å². The van der Waals surface area contributed by atoms with Crippen molar-refractivity contribution in [3.63, 3.8) is 0 Å². The summed E-state index contributed by atoms with van der Waals surface area (Å²) in [5.74, 6) is 0.875. The van der Waals surface area contributed by atoms with Crippen LogP contribution in [0, 0.1) is 11.3 Å². The maximum absolute atomic E-state index is 4.45. The van der Waals surface area contributed by atoms with E-state index in [4.69, 9.17) is 0 Å². The molecule has 0 aliphatic carbocycles. The summed E-state index contributed by atoms with van der Waals surface area (Å²) in [6.07, 6.45) is 6.99. The molecule has 21 heavy (non-hydrogen) atoms. The first-order valence-electron chi connectivity index (χ1n) is 8.49. The second-order valence-electron chi connectivity index (χ2n) is 7.90. The van der Waals surface area contributed by atoms with E-state index < -0.39 is 0 Å². The number of nitrogens with zero attached hydrogens (tertiary/aromatic N) is 2. The van der Waals surface area contributed by atoms with Gasteiger partial charge in [0, 0.05) is 25.6 Å². The summed E-state index contributed by atoms with van der Waals surface area (Å²) >= 11 is 0. The average molecular weight is 290 g/mol. The van der Waals surface area contributed by atoms with Crippen molar-refractivity contribution in [1.29, 1.82) is 0 Å². The van der Waals surface area contributed by atoms with Crippen LogP contribution < -0.4 is 5.32 Å². The van der Waals surface area contributed by atoms with Crippen LogP contribution in [0.2, 0.25) is 0 Å². The van der Waals surface area contributed by atoms with Gasteiger partial charge in [0.1, 0.15) is 0 Å². The van der Waals surface area contributed by atoms with Crippen LogP contribution in [0.4, 0.5) is 0 Å². The van der Waals surface area contributed by atoms with Crippen molar-refractivity contribution < 1.29 is 0 Å². The zero-order chi connectivity index (χ0) is 14.9. The first kappa shape index (κ1) is 15.0. The second-order valence-corrected chi connectivity index (χ2v) is 7.90. The molecule has 118 valence electrons. The van der Waals surface area contributed by atoms with Gasteiger partial charge in [-0.25, -0.2) is 4.98 Å². The van der Waals surface area contributed by atoms with Crippen molar-refractivity contribution in [3.05, 3.63) is 17.7 Å². The van der Waals surface area contributed by atoms with Gasteiger partial charge in [-0.3, -0.25) is 0 Å². The molecule has 3 rings (SSSR count). The highest BCUT2D eigenvalue weighted by Crippen LogP contribution is 2.34. The maximum Gasteiger partial charge on any atom is 0.0925 e. The smallest absolute Gasteiger partial charge is 0.0925 e. The molecule has 1 fully saturated rings. The van der Waals surface area contributed by atoms with E-state index in [1.807, 2.05) is 6.33 Å². The van der Waals surface area contributed by atoms with Gasteiger partial charge in [0.2, 0.25) is 0 Å². The SMILES string of the molecule is CC(C)(C)C1CCCN(CC2Cc3nc[nH]c3CN2)CC1. The Labute approximate surface area is 128 Å². The van der Waals surface area contributed by atoms with Crippen LogP contribution in [0.15, 0.2) is 6.33 Å². The number of likely N-dealkylation sites (tertiary alicyclic amines) is 1.